The predicted molar refractivity (Wildman–Crippen MR) is 242 cm³/mol. The van der Waals surface area contributed by atoms with Crippen molar-refractivity contribution in [2.24, 2.45) is 0 Å². The minimum atomic E-state index is 0.644. The summed E-state index contributed by atoms with van der Waals surface area (Å²) in [7, 11) is 0. The highest BCUT2D eigenvalue weighted by Crippen LogP contribution is 2.43. The van der Waals surface area contributed by atoms with E-state index in [0.717, 1.165) is 33.5 Å². The van der Waals surface area contributed by atoms with Gasteiger partial charge in [0.1, 0.15) is 0 Å². The van der Waals surface area contributed by atoms with E-state index < -0.39 is 0 Å². The molecular formula is C51H30N4S2. The zero-order valence-electron chi connectivity index (χ0n) is 30.4. The Labute approximate surface area is 335 Å². The SMILES string of the molecule is c1ccc(-n2cc(-c3cccc(-c4nc(-c5cccc6c5sc5ccccc56)nc(-c5cccc6c5sc5ccccc56)n4)c3)c3ccc4ccccc4c32)cc1. The number of rotatable bonds is 5. The van der Waals surface area contributed by atoms with Crippen LogP contribution in [0, 0.1) is 0 Å². The molecule has 0 saturated carbocycles. The summed E-state index contributed by atoms with van der Waals surface area (Å²) < 4.78 is 7.18. The first kappa shape index (κ1) is 32.3. The van der Waals surface area contributed by atoms with Gasteiger partial charge in [-0.25, -0.2) is 15.0 Å². The van der Waals surface area contributed by atoms with Crippen molar-refractivity contribution < 1.29 is 0 Å². The van der Waals surface area contributed by atoms with Crippen LogP contribution in [0.3, 0.4) is 0 Å². The van der Waals surface area contributed by atoms with Crippen LogP contribution in [0.4, 0.5) is 0 Å². The van der Waals surface area contributed by atoms with E-state index in [4.69, 9.17) is 15.0 Å². The van der Waals surface area contributed by atoms with Crippen LogP contribution in [-0.4, -0.2) is 19.5 Å². The van der Waals surface area contributed by atoms with Crippen LogP contribution in [-0.2, 0) is 0 Å². The first-order valence-corrected chi connectivity index (χ1v) is 20.6. The number of aromatic nitrogens is 4. The molecule has 0 aliphatic heterocycles. The van der Waals surface area contributed by atoms with Crippen LogP contribution >= 0.6 is 22.7 Å². The van der Waals surface area contributed by atoms with Crippen molar-refractivity contribution in [3.63, 3.8) is 0 Å². The number of fused-ring (bicyclic) bond motifs is 9. The van der Waals surface area contributed by atoms with Gasteiger partial charge in [-0.2, -0.15) is 0 Å². The molecule has 57 heavy (non-hydrogen) atoms. The standard InChI is InChI=1S/C51H30N4S2/c1-2-16-34(17-3-1)55-30-43(38-28-27-31-13-4-5-18-35(31)46(38)55)32-14-10-15-33(29-32)49-52-50(41-23-11-21-39-36-19-6-8-25-44(36)56-47(39)41)54-51(53-49)42-24-12-22-40-37-20-7-9-26-45(37)57-48(40)42/h1-30H. The maximum Gasteiger partial charge on any atom is 0.165 e. The predicted octanol–water partition coefficient (Wildman–Crippen LogP) is 14.4. The lowest BCUT2D eigenvalue weighted by Crippen LogP contribution is -2.00. The van der Waals surface area contributed by atoms with Gasteiger partial charge in [0, 0.05) is 85.3 Å². The van der Waals surface area contributed by atoms with Gasteiger partial charge in [-0.3, -0.25) is 0 Å². The highest BCUT2D eigenvalue weighted by Gasteiger charge is 2.20. The summed E-state index contributed by atoms with van der Waals surface area (Å²) in [5.74, 6) is 1.98. The summed E-state index contributed by atoms with van der Waals surface area (Å²) in [5.41, 5.74) is 7.53. The Balaban J connectivity index is 1.09. The second kappa shape index (κ2) is 12.8. The van der Waals surface area contributed by atoms with Crippen molar-refractivity contribution in [1.29, 1.82) is 0 Å². The minimum absolute atomic E-state index is 0.644. The van der Waals surface area contributed by atoms with Gasteiger partial charge in [0.2, 0.25) is 0 Å². The number of hydrogen-bond donors (Lipinski definition) is 0. The van der Waals surface area contributed by atoms with Gasteiger partial charge < -0.3 is 4.57 Å². The van der Waals surface area contributed by atoms with Crippen molar-refractivity contribution in [2.45, 2.75) is 0 Å². The molecule has 0 aliphatic carbocycles. The fourth-order valence-electron chi connectivity index (χ4n) is 8.44. The molecule has 8 aromatic carbocycles. The molecule has 0 spiro atoms. The van der Waals surface area contributed by atoms with E-state index in [-0.39, 0.29) is 0 Å². The molecule has 0 atom stereocenters. The molecule has 4 aromatic heterocycles. The Morgan fingerprint density at radius 1 is 0.368 bits per heavy atom. The third-order valence-electron chi connectivity index (χ3n) is 11.1. The Morgan fingerprint density at radius 2 is 0.912 bits per heavy atom. The van der Waals surface area contributed by atoms with Crippen molar-refractivity contribution in [1.82, 2.24) is 19.5 Å². The maximum absolute atomic E-state index is 5.32. The fraction of sp³-hybridized carbons (Fsp3) is 0. The van der Waals surface area contributed by atoms with Crippen molar-refractivity contribution in [2.75, 3.05) is 0 Å². The smallest absolute Gasteiger partial charge is 0.165 e. The third-order valence-corrected chi connectivity index (χ3v) is 13.5. The zero-order valence-corrected chi connectivity index (χ0v) is 32.1. The molecule has 4 heterocycles. The van der Waals surface area contributed by atoms with Gasteiger partial charge in [0.25, 0.3) is 0 Å². The number of nitrogens with zero attached hydrogens (tertiary/aromatic N) is 4. The molecule has 0 amide bonds. The lowest BCUT2D eigenvalue weighted by Gasteiger charge is -2.11. The summed E-state index contributed by atoms with van der Waals surface area (Å²) >= 11 is 3.59. The van der Waals surface area contributed by atoms with Gasteiger partial charge >= 0.3 is 0 Å². The van der Waals surface area contributed by atoms with Crippen LogP contribution in [0.2, 0.25) is 0 Å². The quantitative estimate of drug-likeness (QED) is 0.175. The molecule has 6 heteroatoms. The van der Waals surface area contributed by atoms with E-state index in [1.165, 1.54) is 62.0 Å². The molecule has 12 aromatic rings. The highest BCUT2D eigenvalue weighted by atomic mass is 32.1. The Morgan fingerprint density at radius 3 is 1.60 bits per heavy atom. The maximum atomic E-state index is 5.32. The molecule has 0 unspecified atom stereocenters. The molecule has 0 radical (unpaired) electrons. The fourth-order valence-corrected chi connectivity index (χ4v) is 10.9. The number of benzene rings is 8. The highest BCUT2D eigenvalue weighted by molar-refractivity contribution is 7.26. The third kappa shape index (κ3) is 5.15. The number of para-hydroxylation sites is 1. The molecule has 12 rings (SSSR count). The Bertz CT molecular complexity index is 3410. The van der Waals surface area contributed by atoms with E-state index in [1.807, 2.05) is 0 Å². The monoisotopic (exact) mass is 762 g/mol. The average Bonchev–Trinajstić information content (AvgIpc) is 3.99. The summed E-state index contributed by atoms with van der Waals surface area (Å²) in [5, 5.41) is 8.56. The largest absolute Gasteiger partial charge is 0.315 e. The second-order valence-electron chi connectivity index (χ2n) is 14.4. The number of thiophene rings is 2. The Hall–Kier alpha value is -6.99. The molecule has 0 aliphatic rings. The van der Waals surface area contributed by atoms with E-state index in [0.29, 0.717) is 17.5 Å². The van der Waals surface area contributed by atoms with E-state index >= 15 is 0 Å². The topological polar surface area (TPSA) is 43.6 Å². The molecular weight excluding hydrogens is 733 g/mol. The van der Waals surface area contributed by atoms with Gasteiger partial charge in [-0.15, -0.1) is 22.7 Å². The van der Waals surface area contributed by atoms with Gasteiger partial charge in [0.15, 0.2) is 17.5 Å². The summed E-state index contributed by atoms with van der Waals surface area (Å²) in [6.45, 7) is 0. The van der Waals surface area contributed by atoms with Crippen LogP contribution in [0.1, 0.15) is 0 Å². The molecule has 266 valence electrons. The normalized spacial score (nSPS) is 11.9. The van der Waals surface area contributed by atoms with E-state index in [9.17, 15) is 0 Å². The van der Waals surface area contributed by atoms with Crippen LogP contribution in [0.15, 0.2) is 182 Å². The first-order chi connectivity index (χ1) is 28.2. The van der Waals surface area contributed by atoms with Crippen molar-refractivity contribution >= 4 is 84.7 Å². The molecule has 0 saturated heterocycles. The van der Waals surface area contributed by atoms with Crippen molar-refractivity contribution in [3.05, 3.63) is 182 Å². The van der Waals surface area contributed by atoms with Gasteiger partial charge in [-0.05, 0) is 53.4 Å². The van der Waals surface area contributed by atoms with E-state index in [2.05, 4.69) is 187 Å². The van der Waals surface area contributed by atoms with Gasteiger partial charge in [0.05, 0.1) is 5.52 Å². The lowest BCUT2D eigenvalue weighted by molar-refractivity contribution is 1.08. The summed E-state index contributed by atoms with van der Waals surface area (Å²) in [6.07, 6.45) is 2.28. The van der Waals surface area contributed by atoms with Crippen molar-refractivity contribution in [3.8, 4) is 51.0 Å². The molecule has 0 bridgehead atoms. The second-order valence-corrected chi connectivity index (χ2v) is 16.5. The number of hydrogen-bond acceptors (Lipinski definition) is 5. The zero-order chi connectivity index (χ0) is 37.5. The van der Waals surface area contributed by atoms with Crippen LogP contribution < -0.4 is 0 Å². The van der Waals surface area contributed by atoms with Gasteiger partial charge in [-0.1, -0.05) is 133 Å². The van der Waals surface area contributed by atoms with Crippen LogP contribution in [0.5, 0.6) is 0 Å². The molecule has 0 N–H and O–H groups in total. The lowest BCUT2D eigenvalue weighted by atomic mass is 10.00. The first-order valence-electron chi connectivity index (χ1n) is 19.0. The minimum Gasteiger partial charge on any atom is -0.315 e. The Kier molecular flexibility index (Phi) is 7.24. The molecule has 4 nitrogen and oxygen atoms in total. The summed E-state index contributed by atoms with van der Waals surface area (Å²) in [6, 6.07) is 62.6. The van der Waals surface area contributed by atoms with Crippen LogP contribution in [0.25, 0.3) is 113 Å². The average molecular weight is 763 g/mol. The van der Waals surface area contributed by atoms with E-state index in [1.54, 1.807) is 22.7 Å². The summed E-state index contributed by atoms with van der Waals surface area (Å²) in [4.78, 5) is 15.9. The molecule has 0 fully saturated rings.